The SMILES string of the molecule is CS(=N)(=O)CC(=O)NCCSc1nonc1/C(=N/CO)Nc1ccc(CS(=N)(=O)CC(=O)NCCSc2nonc2C(N)=Nc2ccc(F)c(C(F)(F)F)c2)c(Cl)c1. The van der Waals surface area contributed by atoms with Crippen LogP contribution in [0.15, 0.2) is 65.7 Å². The van der Waals surface area contributed by atoms with Gasteiger partial charge in [0, 0.05) is 41.6 Å². The maximum atomic E-state index is 13.6. The van der Waals surface area contributed by atoms with Gasteiger partial charge in [0.15, 0.2) is 33.1 Å². The van der Waals surface area contributed by atoms with E-state index in [0.29, 0.717) is 29.1 Å². The van der Waals surface area contributed by atoms with Gasteiger partial charge in [-0.25, -0.2) is 32.1 Å². The van der Waals surface area contributed by atoms with Crippen LogP contribution in [0.4, 0.5) is 28.9 Å². The van der Waals surface area contributed by atoms with Crippen molar-refractivity contribution in [1.29, 1.82) is 9.56 Å². The van der Waals surface area contributed by atoms with Crippen molar-refractivity contribution in [2.24, 2.45) is 15.7 Å². The van der Waals surface area contributed by atoms with E-state index in [0.717, 1.165) is 35.8 Å². The standard InChI is InChI=1S/C30H33ClF4N12O7S4/c1-57(37,51)13-22(49)39-6-9-56-29-25(45-54-47-29)27(41-15-48)43-18-3-2-16(20(31)11-18)12-58(38,52)14-23(50)40-7-8-55-28-24(44-53-46-28)26(36)42-17-4-5-21(32)19(10-17)30(33,34)35/h2-5,10-11,37-38,48H,6-9,12-15H2,1H3,(H2,36,42)(H,39,49)(H,40,50)(H,41,43). The molecule has 0 saturated carbocycles. The summed E-state index contributed by atoms with van der Waals surface area (Å²) in [5.41, 5.74) is 4.73. The first kappa shape index (κ1) is 45.9. The molecule has 58 heavy (non-hydrogen) atoms. The van der Waals surface area contributed by atoms with Crippen molar-refractivity contribution in [3.05, 3.63) is 69.8 Å². The number of thioether (sulfide) groups is 2. The van der Waals surface area contributed by atoms with Crippen molar-refractivity contribution in [3.8, 4) is 0 Å². The summed E-state index contributed by atoms with van der Waals surface area (Å²) in [5.74, 6) is -4.08. The number of benzene rings is 2. The van der Waals surface area contributed by atoms with Gasteiger partial charge in [0.1, 0.15) is 24.1 Å². The van der Waals surface area contributed by atoms with Gasteiger partial charge >= 0.3 is 6.18 Å². The number of hydrogen-bond donors (Lipinski definition) is 7. The molecule has 0 saturated heterocycles. The topological polar surface area (TPSA) is 301 Å². The van der Waals surface area contributed by atoms with E-state index in [2.05, 4.69) is 51.2 Å². The lowest BCUT2D eigenvalue weighted by Gasteiger charge is -2.12. The maximum absolute atomic E-state index is 13.6. The number of nitrogens with zero attached hydrogens (tertiary/aromatic N) is 6. The molecule has 2 heterocycles. The van der Waals surface area contributed by atoms with Gasteiger partial charge in [0.25, 0.3) is 0 Å². The Balaban J connectivity index is 1.27. The normalized spacial score (nSPS) is 14.4. The molecule has 2 amide bonds. The van der Waals surface area contributed by atoms with Crippen molar-refractivity contribution in [1.82, 2.24) is 31.3 Å². The first-order valence-electron chi connectivity index (χ1n) is 16.1. The number of nitrogens with one attached hydrogen (secondary N) is 5. The first-order chi connectivity index (χ1) is 27.2. The fourth-order valence-electron chi connectivity index (χ4n) is 4.51. The number of rotatable bonds is 19. The van der Waals surface area contributed by atoms with Gasteiger partial charge in [-0.2, -0.15) is 13.2 Å². The summed E-state index contributed by atoms with van der Waals surface area (Å²) in [7, 11) is -6.53. The Labute approximate surface area is 340 Å². The molecule has 0 bridgehead atoms. The zero-order valence-electron chi connectivity index (χ0n) is 29.8. The lowest BCUT2D eigenvalue weighted by atomic mass is 10.2. The molecule has 314 valence electrons. The Bertz CT molecular complexity index is 2400. The number of aliphatic hydroxyl groups is 1. The van der Waals surface area contributed by atoms with E-state index >= 15 is 0 Å². The molecule has 4 aromatic rings. The molecule has 28 heteroatoms. The molecule has 0 spiro atoms. The molecule has 0 aliphatic rings. The summed E-state index contributed by atoms with van der Waals surface area (Å²) in [6, 6.07) is 6.52. The van der Waals surface area contributed by atoms with E-state index in [1.807, 2.05) is 0 Å². The molecule has 19 nitrogen and oxygen atoms in total. The summed E-state index contributed by atoms with van der Waals surface area (Å²) in [4.78, 5) is 32.2. The Morgan fingerprint density at radius 1 is 0.948 bits per heavy atom. The number of carbonyl (C=O) groups excluding carboxylic acids is 2. The highest BCUT2D eigenvalue weighted by Crippen LogP contribution is 2.34. The van der Waals surface area contributed by atoms with Crippen LogP contribution in [0.3, 0.4) is 0 Å². The van der Waals surface area contributed by atoms with Crippen LogP contribution >= 0.6 is 35.1 Å². The molecule has 2 aromatic carbocycles. The van der Waals surface area contributed by atoms with Crippen molar-refractivity contribution < 1.29 is 49.9 Å². The number of nitrogens with two attached hydrogens (primary N) is 1. The van der Waals surface area contributed by atoms with Gasteiger partial charge < -0.3 is 26.8 Å². The van der Waals surface area contributed by atoms with Crippen LogP contribution in [0.25, 0.3) is 0 Å². The number of aliphatic hydroxyl groups excluding tert-OH is 1. The van der Waals surface area contributed by atoms with E-state index in [9.17, 15) is 40.7 Å². The van der Waals surface area contributed by atoms with Crippen LogP contribution in [0.5, 0.6) is 0 Å². The largest absolute Gasteiger partial charge is 0.419 e. The predicted molar refractivity (Wildman–Crippen MR) is 208 cm³/mol. The zero-order valence-corrected chi connectivity index (χ0v) is 33.8. The average Bonchev–Trinajstić information content (AvgIpc) is 3.79. The van der Waals surface area contributed by atoms with E-state index in [4.69, 9.17) is 31.5 Å². The summed E-state index contributed by atoms with van der Waals surface area (Å²) < 4.78 is 103. The second kappa shape index (κ2) is 20.2. The van der Waals surface area contributed by atoms with Crippen molar-refractivity contribution in [2.45, 2.75) is 22.0 Å². The molecule has 8 N–H and O–H groups in total. The van der Waals surface area contributed by atoms with Crippen LogP contribution in [0, 0.1) is 15.4 Å². The molecule has 4 rings (SSSR count). The van der Waals surface area contributed by atoms with Crippen molar-refractivity contribution in [2.75, 3.05) is 54.4 Å². The van der Waals surface area contributed by atoms with Gasteiger partial charge in [0.05, 0.1) is 36.5 Å². The molecule has 2 aromatic heterocycles. The number of anilines is 1. The molecule has 2 atom stereocenters. The molecular weight excluding hydrogens is 880 g/mol. The molecule has 0 fully saturated rings. The van der Waals surface area contributed by atoms with E-state index in [-0.39, 0.29) is 68.4 Å². The number of carbonyl (C=O) groups is 2. The third-order valence-corrected chi connectivity index (χ3v) is 11.5. The summed E-state index contributed by atoms with van der Waals surface area (Å²) in [6.07, 6.45) is -3.79. The van der Waals surface area contributed by atoms with Crippen molar-refractivity contribution in [3.63, 3.8) is 0 Å². The lowest BCUT2D eigenvalue weighted by molar-refractivity contribution is -0.140. The summed E-state index contributed by atoms with van der Waals surface area (Å²) in [5, 5.41) is 32.9. The highest BCUT2D eigenvalue weighted by atomic mass is 35.5. The van der Waals surface area contributed by atoms with Crippen LogP contribution in [-0.2, 0) is 41.0 Å². The molecular formula is C30H33ClF4N12O7S4. The van der Waals surface area contributed by atoms with Gasteiger partial charge in [-0.05, 0) is 56.5 Å². The molecule has 0 aliphatic carbocycles. The smallest absolute Gasteiger partial charge is 0.382 e. The summed E-state index contributed by atoms with van der Waals surface area (Å²) >= 11 is 8.58. The number of alkyl halides is 3. The van der Waals surface area contributed by atoms with E-state index < -0.39 is 67.1 Å². The highest BCUT2D eigenvalue weighted by Gasteiger charge is 2.34. The average molecular weight is 913 g/mol. The number of amides is 2. The number of aliphatic imine (C=N–C) groups is 2. The Morgan fingerprint density at radius 2 is 1.55 bits per heavy atom. The molecule has 2 unspecified atom stereocenters. The fourth-order valence-corrected chi connectivity index (χ4v) is 8.34. The quantitative estimate of drug-likeness (QED) is 0.0233. The monoisotopic (exact) mass is 912 g/mol. The second-order valence-corrected chi connectivity index (χ2v) is 18.8. The van der Waals surface area contributed by atoms with Gasteiger partial charge in [-0.15, -0.1) is 0 Å². The van der Waals surface area contributed by atoms with Crippen LogP contribution in [0.2, 0.25) is 5.02 Å². The fraction of sp³-hybridized carbons (Fsp3) is 0.333. The van der Waals surface area contributed by atoms with Gasteiger partial charge in [-0.1, -0.05) is 41.2 Å². The van der Waals surface area contributed by atoms with Gasteiger partial charge in [0.2, 0.25) is 11.8 Å². The Hall–Kier alpha value is -4.83. The minimum atomic E-state index is -4.95. The lowest BCUT2D eigenvalue weighted by Crippen LogP contribution is -2.32. The third-order valence-electron chi connectivity index (χ3n) is 6.92. The number of halogens is 5. The number of amidine groups is 2. The highest BCUT2D eigenvalue weighted by molar-refractivity contribution is 7.99. The van der Waals surface area contributed by atoms with Crippen LogP contribution in [0.1, 0.15) is 22.5 Å². The van der Waals surface area contributed by atoms with Crippen LogP contribution < -0.4 is 21.7 Å². The summed E-state index contributed by atoms with van der Waals surface area (Å²) in [6.45, 7) is -0.491. The van der Waals surface area contributed by atoms with Crippen molar-refractivity contribution >= 4 is 89.4 Å². The van der Waals surface area contributed by atoms with E-state index in [1.54, 1.807) is 0 Å². The van der Waals surface area contributed by atoms with Gasteiger partial charge in [-0.3, -0.25) is 19.1 Å². The molecule has 0 aliphatic heterocycles. The van der Waals surface area contributed by atoms with Crippen LogP contribution in [-0.4, -0.2) is 107 Å². The third kappa shape index (κ3) is 14.2. The molecule has 0 radical (unpaired) electrons. The number of hydrogen-bond acceptors (Lipinski definition) is 17. The predicted octanol–water partition coefficient (Wildman–Crippen LogP) is 3.45. The minimum Gasteiger partial charge on any atom is -0.382 e. The minimum absolute atomic E-state index is 0.00148. The second-order valence-electron chi connectivity index (χ2n) is 11.7. The zero-order chi connectivity index (χ0) is 42.7. The Kier molecular flexibility index (Phi) is 16.0. The Morgan fingerprint density at radius 3 is 2.14 bits per heavy atom. The first-order valence-corrected chi connectivity index (χ1v) is 22.4. The maximum Gasteiger partial charge on any atom is 0.419 e. The number of aromatic nitrogens is 4. The van der Waals surface area contributed by atoms with E-state index in [1.165, 1.54) is 18.2 Å².